The lowest BCUT2D eigenvalue weighted by Crippen LogP contribution is -2.22. The van der Waals surface area contributed by atoms with Crippen molar-refractivity contribution >= 4 is 16.9 Å². The first-order valence-corrected chi connectivity index (χ1v) is 8.37. The Morgan fingerprint density at radius 2 is 1.93 bits per heavy atom. The predicted octanol–water partition coefficient (Wildman–Crippen LogP) is 1.58. The Kier molecular flexibility index (Phi) is 4.03. The third kappa shape index (κ3) is 3.10. The van der Waals surface area contributed by atoms with Gasteiger partial charge < -0.3 is 10.3 Å². The van der Waals surface area contributed by atoms with Crippen molar-refractivity contribution in [1.29, 1.82) is 0 Å². The fourth-order valence-electron chi connectivity index (χ4n) is 2.92. The van der Waals surface area contributed by atoms with Crippen LogP contribution in [0.15, 0.2) is 52.2 Å². The molecule has 136 valence electrons. The zero-order chi connectivity index (χ0) is 19.0. The normalized spacial score (nSPS) is 12.2. The molecule has 4 aromatic rings. The summed E-state index contributed by atoms with van der Waals surface area (Å²) in [6.45, 7) is 2.04. The number of anilines is 1. The number of hydrogen-bond acceptors (Lipinski definition) is 6. The molecule has 3 N–H and O–H groups in total. The van der Waals surface area contributed by atoms with Crippen LogP contribution in [0.5, 0.6) is 0 Å². The summed E-state index contributed by atoms with van der Waals surface area (Å²) in [7, 11) is 1.78. The van der Waals surface area contributed by atoms with Gasteiger partial charge >= 0.3 is 5.69 Å². The second-order valence-corrected chi connectivity index (χ2v) is 6.20. The standard InChI is InChI=1S/C18H17N7O2/c1-10(11-6-4-3-5-7-11)20-15-12-8-14(22-23-16(12)25(2)24-15)13-9-19-18(27)21-17(13)26/h3-10H,1-2H3,(H,20,24)(H2,19,21,26,27)/t10-/m0/s1. The Morgan fingerprint density at radius 3 is 2.67 bits per heavy atom. The van der Waals surface area contributed by atoms with Gasteiger partial charge in [0.1, 0.15) is 5.69 Å². The third-order valence-electron chi connectivity index (χ3n) is 4.33. The topological polar surface area (TPSA) is 121 Å². The van der Waals surface area contributed by atoms with Gasteiger partial charge in [0.25, 0.3) is 5.56 Å². The fourth-order valence-corrected chi connectivity index (χ4v) is 2.92. The van der Waals surface area contributed by atoms with Crippen molar-refractivity contribution < 1.29 is 0 Å². The number of fused-ring (bicyclic) bond motifs is 1. The van der Waals surface area contributed by atoms with Gasteiger partial charge in [0.15, 0.2) is 11.5 Å². The second kappa shape index (κ2) is 6.52. The molecule has 0 aliphatic heterocycles. The maximum atomic E-state index is 12.0. The summed E-state index contributed by atoms with van der Waals surface area (Å²) in [5.74, 6) is 0.640. The molecule has 3 heterocycles. The van der Waals surface area contributed by atoms with Gasteiger partial charge in [-0.15, -0.1) is 10.2 Å². The Hall–Kier alpha value is -3.75. The molecule has 3 aromatic heterocycles. The molecule has 27 heavy (non-hydrogen) atoms. The summed E-state index contributed by atoms with van der Waals surface area (Å²) in [5, 5.41) is 16.9. The zero-order valence-corrected chi connectivity index (χ0v) is 14.7. The van der Waals surface area contributed by atoms with Gasteiger partial charge in [-0.05, 0) is 18.6 Å². The Bertz CT molecular complexity index is 1220. The molecule has 0 bridgehead atoms. The summed E-state index contributed by atoms with van der Waals surface area (Å²) < 4.78 is 1.63. The second-order valence-electron chi connectivity index (χ2n) is 6.20. The van der Waals surface area contributed by atoms with Crippen molar-refractivity contribution in [2.24, 2.45) is 7.05 Å². The molecule has 0 saturated heterocycles. The van der Waals surface area contributed by atoms with E-state index in [4.69, 9.17) is 0 Å². The van der Waals surface area contributed by atoms with Crippen LogP contribution >= 0.6 is 0 Å². The van der Waals surface area contributed by atoms with Crippen LogP contribution in [0, 0.1) is 0 Å². The summed E-state index contributed by atoms with van der Waals surface area (Å²) in [5.41, 5.74) is 1.19. The van der Waals surface area contributed by atoms with Gasteiger partial charge in [-0.1, -0.05) is 30.3 Å². The third-order valence-corrected chi connectivity index (χ3v) is 4.33. The van der Waals surface area contributed by atoms with Crippen LogP contribution < -0.4 is 16.6 Å². The number of aryl methyl sites for hydroxylation is 1. The van der Waals surface area contributed by atoms with E-state index in [-0.39, 0.29) is 11.6 Å². The molecule has 0 fully saturated rings. The molecule has 0 aliphatic carbocycles. The number of aromatic amines is 2. The van der Waals surface area contributed by atoms with E-state index in [0.717, 1.165) is 10.9 Å². The van der Waals surface area contributed by atoms with Gasteiger partial charge in [0.2, 0.25) is 0 Å². The van der Waals surface area contributed by atoms with Crippen LogP contribution in [0.1, 0.15) is 18.5 Å². The summed E-state index contributed by atoms with van der Waals surface area (Å²) in [6.07, 6.45) is 1.33. The number of hydrogen-bond donors (Lipinski definition) is 3. The van der Waals surface area contributed by atoms with Crippen molar-refractivity contribution in [2.75, 3.05) is 5.32 Å². The van der Waals surface area contributed by atoms with Crippen LogP contribution in [-0.4, -0.2) is 29.9 Å². The monoisotopic (exact) mass is 363 g/mol. The Labute approximate surface area is 153 Å². The molecule has 4 rings (SSSR count). The lowest BCUT2D eigenvalue weighted by molar-refractivity contribution is 0.769. The van der Waals surface area contributed by atoms with E-state index in [2.05, 4.69) is 30.6 Å². The van der Waals surface area contributed by atoms with E-state index in [0.29, 0.717) is 17.2 Å². The van der Waals surface area contributed by atoms with E-state index in [1.165, 1.54) is 6.20 Å². The minimum atomic E-state index is -0.571. The molecular weight excluding hydrogens is 346 g/mol. The van der Waals surface area contributed by atoms with Crippen molar-refractivity contribution in [1.82, 2.24) is 29.9 Å². The number of H-pyrrole nitrogens is 2. The average molecular weight is 363 g/mol. The molecule has 0 unspecified atom stereocenters. The van der Waals surface area contributed by atoms with Gasteiger partial charge in [-0.2, -0.15) is 5.10 Å². The number of nitrogens with zero attached hydrogens (tertiary/aromatic N) is 4. The zero-order valence-electron chi connectivity index (χ0n) is 14.7. The predicted molar refractivity (Wildman–Crippen MR) is 101 cm³/mol. The first kappa shape index (κ1) is 16.7. The molecule has 0 amide bonds. The van der Waals surface area contributed by atoms with Gasteiger partial charge in [-0.3, -0.25) is 9.78 Å². The van der Waals surface area contributed by atoms with E-state index in [9.17, 15) is 9.59 Å². The number of aromatic nitrogens is 6. The van der Waals surface area contributed by atoms with E-state index < -0.39 is 11.2 Å². The van der Waals surface area contributed by atoms with Crippen LogP contribution in [0.3, 0.4) is 0 Å². The van der Waals surface area contributed by atoms with E-state index in [1.54, 1.807) is 17.8 Å². The van der Waals surface area contributed by atoms with Crippen LogP contribution in [0.2, 0.25) is 0 Å². The van der Waals surface area contributed by atoms with Gasteiger partial charge in [-0.25, -0.2) is 9.48 Å². The van der Waals surface area contributed by atoms with E-state index in [1.807, 2.05) is 37.3 Å². The SMILES string of the molecule is C[C@H](Nc1nn(C)c2nnc(-c3c[nH]c(=O)[nH]c3=O)cc12)c1ccccc1. The summed E-state index contributed by atoms with van der Waals surface area (Å²) in [6, 6.07) is 11.8. The van der Waals surface area contributed by atoms with E-state index >= 15 is 0 Å². The number of benzene rings is 1. The highest BCUT2D eigenvalue weighted by atomic mass is 16.2. The van der Waals surface area contributed by atoms with Crippen molar-refractivity contribution in [3.8, 4) is 11.3 Å². The number of nitrogens with one attached hydrogen (secondary N) is 3. The first-order valence-electron chi connectivity index (χ1n) is 8.37. The Morgan fingerprint density at radius 1 is 1.15 bits per heavy atom. The maximum Gasteiger partial charge on any atom is 0.325 e. The minimum Gasteiger partial charge on any atom is -0.362 e. The van der Waals surface area contributed by atoms with Gasteiger partial charge in [0.05, 0.1) is 17.0 Å². The lowest BCUT2D eigenvalue weighted by Gasteiger charge is -2.13. The molecule has 0 radical (unpaired) electrons. The fraction of sp³-hybridized carbons (Fsp3) is 0.167. The van der Waals surface area contributed by atoms with Crippen molar-refractivity contribution in [3.63, 3.8) is 0 Å². The average Bonchev–Trinajstić information content (AvgIpc) is 2.97. The maximum absolute atomic E-state index is 12.0. The van der Waals surface area contributed by atoms with Crippen LogP contribution in [0.4, 0.5) is 5.82 Å². The van der Waals surface area contributed by atoms with Crippen molar-refractivity contribution in [3.05, 3.63) is 69.0 Å². The lowest BCUT2D eigenvalue weighted by atomic mass is 10.1. The summed E-state index contributed by atoms with van der Waals surface area (Å²) in [4.78, 5) is 27.9. The van der Waals surface area contributed by atoms with Crippen molar-refractivity contribution in [2.45, 2.75) is 13.0 Å². The minimum absolute atomic E-state index is 0.0254. The molecular formula is C18H17N7O2. The van der Waals surface area contributed by atoms with Crippen LogP contribution in [0.25, 0.3) is 22.3 Å². The molecule has 0 aliphatic rings. The van der Waals surface area contributed by atoms with Gasteiger partial charge in [0, 0.05) is 13.2 Å². The molecule has 1 aromatic carbocycles. The number of rotatable bonds is 4. The van der Waals surface area contributed by atoms with Crippen LogP contribution in [-0.2, 0) is 7.05 Å². The smallest absolute Gasteiger partial charge is 0.325 e. The highest BCUT2D eigenvalue weighted by Gasteiger charge is 2.16. The molecule has 9 heteroatoms. The highest BCUT2D eigenvalue weighted by Crippen LogP contribution is 2.26. The Balaban J connectivity index is 1.78. The molecule has 1 atom stereocenters. The highest BCUT2D eigenvalue weighted by molar-refractivity contribution is 5.89. The largest absolute Gasteiger partial charge is 0.362 e. The summed E-state index contributed by atoms with van der Waals surface area (Å²) >= 11 is 0. The molecule has 0 saturated carbocycles. The molecule has 0 spiro atoms. The first-order chi connectivity index (χ1) is 13.0. The quantitative estimate of drug-likeness (QED) is 0.506. The molecule has 9 nitrogen and oxygen atoms in total.